The van der Waals surface area contributed by atoms with Gasteiger partial charge in [-0.25, -0.2) is 0 Å². The van der Waals surface area contributed by atoms with Crippen molar-refractivity contribution < 1.29 is 4.74 Å². The highest BCUT2D eigenvalue weighted by Gasteiger charge is 1.94. The second kappa shape index (κ2) is 3.06. The number of aromatic nitrogens is 1. The van der Waals surface area contributed by atoms with Crippen molar-refractivity contribution >= 4 is 29.4 Å². The average molecular weight is 198 g/mol. The van der Waals surface area contributed by atoms with Crippen LogP contribution in [0.2, 0.25) is 0 Å². The molecular weight excluding hydrogens is 193 g/mol. The van der Waals surface area contributed by atoms with E-state index in [1.54, 1.807) is 19.2 Å². The van der Waals surface area contributed by atoms with Crippen LogP contribution in [0, 0.1) is 0 Å². The van der Waals surface area contributed by atoms with Gasteiger partial charge in [0.25, 0.3) is 0 Å². The second-order valence-corrected chi connectivity index (χ2v) is 2.57. The van der Waals surface area contributed by atoms with E-state index in [1.165, 1.54) is 0 Å². The molecule has 4 heteroatoms. The summed E-state index contributed by atoms with van der Waals surface area (Å²) >= 11 is 3.18. The first-order chi connectivity index (χ1) is 4.72. The number of pyridine rings is 1. The minimum atomic E-state index is 0.450. The predicted molar refractivity (Wildman–Crippen MR) is 43.9 cm³/mol. The topological polar surface area (TPSA) is 22.1 Å². The van der Waals surface area contributed by atoms with Crippen molar-refractivity contribution in [3.63, 3.8) is 0 Å². The highest BCUT2D eigenvalue weighted by Crippen LogP contribution is 2.12. The van der Waals surface area contributed by atoms with E-state index >= 15 is 0 Å². The van der Waals surface area contributed by atoms with Crippen molar-refractivity contribution in [1.29, 1.82) is 0 Å². The van der Waals surface area contributed by atoms with E-state index in [2.05, 4.69) is 20.9 Å². The molecule has 0 saturated carbocycles. The number of halogens is 1. The molecule has 0 unspecified atom stereocenters. The van der Waals surface area contributed by atoms with E-state index in [9.17, 15) is 0 Å². The van der Waals surface area contributed by atoms with E-state index in [0.717, 1.165) is 0 Å². The van der Waals surface area contributed by atoms with Crippen LogP contribution < -0.4 is 10.3 Å². The van der Waals surface area contributed by atoms with Gasteiger partial charge in [0.2, 0.25) is 0 Å². The summed E-state index contributed by atoms with van der Waals surface area (Å²) in [6.45, 7) is 0. The van der Waals surface area contributed by atoms with Crippen molar-refractivity contribution in [2.24, 2.45) is 0 Å². The Balaban J connectivity index is 3.06. The monoisotopic (exact) mass is 197 g/mol. The summed E-state index contributed by atoms with van der Waals surface area (Å²) < 4.78 is 5.61. The Morgan fingerprint density at radius 2 is 2.30 bits per heavy atom. The molecule has 0 spiro atoms. The Morgan fingerprint density at radius 1 is 1.60 bits per heavy atom. The first-order valence-electron chi connectivity index (χ1n) is 2.69. The summed E-state index contributed by atoms with van der Waals surface area (Å²) in [7, 11) is 7.00. The molecule has 1 heterocycles. The Kier molecular flexibility index (Phi) is 2.32. The van der Waals surface area contributed by atoms with E-state index in [0.29, 0.717) is 15.9 Å². The fraction of sp³-hybridized carbons (Fsp3) is 0.167. The maximum Gasteiger partial charge on any atom is 0.141 e. The van der Waals surface area contributed by atoms with Gasteiger partial charge in [0.05, 0.1) is 7.11 Å². The average Bonchev–Trinajstić information content (AvgIpc) is 1.85. The van der Waals surface area contributed by atoms with Gasteiger partial charge in [-0.15, -0.1) is 0 Å². The lowest BCUT2D eigenvalue weighted by atomic mass is 10.0. The minimum Gasteiger partial charge on any atom is -0.497 e. The van der Waals surface area contributed by atoms with Gasteiger partial charge in [0.15, 0.2) is 0 Å². The Morgan fingerprint density at radius 3 is 2.80 bits per heavy atom. The molecule has 0 aliphatic carbocycles. The Labute approximate surface area is 69.1 Å². The van der Waals surface area contributed by atoms with Gasteiger partial charge in [0.1, 0.15) is 18.2 Å². The largest absolute Gasteiger partial charge is 0.497 e. The SMILES string of the molecule is [B]c1cc(OC)cc(Br)n1. The lowest BCUT2D eigenvalue weighted by Crippen LogP contribution is -2.07. The smallest absolute Gasteiger partial charge is 0.141 e. The molecule has 1 aromatic heterocycles. The highest BCUT2D eigenvalue weighted by molar-refractivity contribution is 9.10. The van der Waals surface area contributed by atoms with Crippen molar-refractivity contribution in [1.82, 2.24) is 4.98 Å². The number of rotatable bonds is 1. The molecule has 10 heavy (non-hydrogen) atoms. The Bertz CT molecular complexity index is 221. The molecule has 1 rings (SSSR count). The molecule has 50 valence electrons. The predicted octanol–water partition coefficient (Wildman–Crippen LogP) is 0.646. The van der Waals surface area contributed by atoms with Crippen molar-refractivity contribution in [3.05, 3.63) is 16.7 Å². The van der Waals surface area contributed by atoms with Gasteiger partial charge in [-0.3, -0.25) is 4.98 Å². The van der Waals surface area contributed by atoms with Gasteiger partial charge in [-0.2, -0.15) is 0 Å². The molecule has 0 bridgehead atoms. The molecule has 0 aromatic carbocycles. The van der Waals surface area contributed by atoms with Gasteiger partial charge < -0.3 is 4.74 Å². The molecule has 2 radical (unpaired) electrons. The first-order valence-corrected chi connectivity index (χ1v) is 3.48. The van der Waals surface area contributed by atoms with E-state index in [-0.39, 0.29) is 0 Å². The van der Waals surface area contributed by atoms with Crippen LogP contribution >= 0.6 is 15.9 Å². The summed E-state index contributed by atoms with van der Waals surface area (Å²) in [5.74, 6) is 0.708. The molecule has 0 aliphatic rings. The quantitative estimate of drug-likeness (QED) is 0.487. The summed E-state index contributed by atoms with van der Waals surface area (Å²) in [4.78, 5) is 3.90. The van der Waals surface area contributed by atoms with E-state index in [4.69, 9.17) is 12.6 Å². The van der Waals surface area contributed by atoms with Gasteiger partial charge in [-0.1, -0.05) is 0 Å². The van der Waals surface area contributed by atoms with Crippen LogP contribution in [0.15, 0.2) is 16.7 Å². The zero-order valence-corrected chi connectivity index (χ0v) is 7.05. The summed E-state index contributed by atoms with van der Waals surface area (Å²) in [5, 5.41) is 0. The van der Waals surface area contributed by atoms with Gasteiger partial charge in [-0.05, 0) is 27.6 Å². The number of hydrogen-bond acceptors (Lipinski definition) is 2. The van der Waals surface area contributed by atoms with Gasteiger partial charge >= 0.3 is 0 Å². The molecule has 1 aromatic rings. The van der Waals surface area contributed by atoms with Crippen LogP contribution in [0.4, 0.5) is 0 Å². The van der Waals surface area contributed by atoms with Crippen LogP contribution in [0.5, 0.6) is 5.75 Å². The minimum absolute atomic E-state index is 0.450. The van der Waals surface area contributed by atoms with Crippen LogP contribution in [0.1, 0.15) is 0 Å². The summed E-state index contributed by atoms with van der Waals surface area (Å²) in [6.07, 6.45) is 0. The van der Waals surface area contributed by atoms with E-state index in [1.807, 2.05) is 0 Å². The fourth-order valence-corrected chi connectivity index (χ4v) is 1.04. The van der Waals surface area contributed by atoms with Crippen molar-refractivity contribution in [2.45, 2.75) is 0 Å². The van der Waals surface area contributed by atoms with Crippen LogP contribution in [0.3, 0.4) is 0 Å². The van der Waals surface area contributed by atoms with Crippen LogP contribution in [0.25, 0.3) is 0 Å². The lowest BCUT2D eigenvalue weighted by Gasteiger charge is -2.00. The molecule has 0 aliphatic heterocycles. The normalized spacial score (nSPS) is 9.40. The van der Waals surface area contributed by atoms with Crippen molar-refractivity contribution in [2.75, 3.05) is 7.11 Å². The van der Waals surface area contributed by atoms with Crippen molar-refractivity contribution in [3.8, 4) is 5.75 Å². The van der Waals surface area contributed by atoms with Gasteiger partial charge in [0, 0.05) is 6.07 Å². The number of nitrogens with zero attached hydrogens (tertiary/aromatic N) is 1. The zero-order valence-electron chi connectivity index (χ0n) is 5.47. The fourth-order valence-electron chi connectivity index (χ4n) is 0.611. The molecule has 0 amide bonds. The first kappa shape index (κ1) is 7.60. The molecule has 0 N–H and O–H groups in total. The van der Waals surface area contributed by atoms with E-state index < -0.39 is 0 Å². The third kappa shape index (κ3) is 1.74. The Hall–Kier alpha value is -0.505. The summed E-state index contributed by atoms with van der Waals surface area (Å²) in [5.41, 5.74) is 0.450. The molecule has 0 saturated heterocycles. The highest BCUT2D eigenvalue weighted by atomic mass is 79.9. The second-order valence-electron chi connectivity index (χ2n) is 1.75. The standard InChI is InChI=1S/C6H5BBrNO/c1-10-4-2-5(7)9-6(8)3-4/h2-3H,1H3. The molecule has 0 fully saturated rings. The molecular formula is C6H5BBrNO. The van der Waals surface area contributed by atoms with Crippen LogP contribution in [-0.4, -0.2) is 19.9 Å². The maximum atomic E-state index is 5.41. The third-order valence-corrected chi connectivity index (χ3v) is 1.43. The summed E-state index contributed by atoms with van der Waals surface area (Å²) in [6, 6.07) is 3.40. The molecule has 2 nitrogen and oxygen atoms in total. The lowest BCUT2D eigenvalue weighted by molar-refractivity contribution is 0.414. The number of hydrogen-bond donors (Lipinski definition) is 0. The molecule has 0 atom stereocenters. The number of methoxy groups -OCH3 is 1. The van der Waals surface area contributed by atoms with Crippen LogP contribution in [-0.2, 0) is 0 Å². The number of ether oxygens (including phenoxy) is 1. The maximum absolute atomic E-state index is 5.41. The third-order valence-electron chi connectivity index (χ3n) is 1.02. The zero-order chi connectivity index (χ0) is 7.56.